The van der Waals surface area contributed by atoms with E-state index < -0.39 is 0 Å². The van der Waals surface area contributed by atoms with Crippen LogP contribution in [-0.2, 0) is 6.54 Å². The summed E-state index contributed by atoms with van der Waals surface area (Å²) in [6, 6.07) is 14.4. The van der Waals surface area contributed by atoms with Crippen LogP contribution in [-0.4, -0.2) is 19.8 Å². The Bertz CT molecular complexity index is 907. The largest absolute Gasteiger partial charge is 0.365 e. The monoisotopic (exact) mass is 349 g/mol. The predicted octanol–water partition coefficient (Wildman–Crippen LogP) is 4.25. The van der Waals surface area contributed by atoms with Crippen LogP contribution >= 0.6 is 11.8 Å². The van der Waals surface area contributed by atoms with Gasteiger partial charge in [-0.2, -0.15) is 14.9 Å². The third-order valence-electron chi connectivity index (χ3n) is 4.50. The quantitative estimate of drug-likeness (QED) is 0.698. The average Bonchev–Trinajstić information content (AvgIpc) is 3.32. The molecule has 0 spiro atoms. The van der Waals surface area contributed by atoms with Crippen molar-refractivity contribution in [2.75, 3.05) is 5.32 Å². The molecule has 1 N–H and O–H groups in total. The molecule has 0 atom stereocenters. The number of aromatic nitrogens is 3. The second kappa shape index (κ2) is 7.16. The fourth-order valence-electron chi connectivity index (χ4n) is 3.22. The molecule has 0 bridgehead atoms. The fraction of sp³-hybridized carbons (Fsp3) is 0.316. The van der Waals surface area contributed by atoms with E-state index in [2.05, 4.69) is 33.6 Å². The second-order valence-electron chi connectivity index (χ2n) is 6.22. The Morgan fingerprint density at radius 3 is 2.76 bits per heavy atom. The van der Waals surface area contributed by atoms with E-state index in [1.807, 2.05) is 24.3 Å². The molecule has 0 amide bonds. The van der Waals surface area contributed by atoms with Crippen LogP contribution < -0.4 is 5.32 Å². The number of rotatable bonds is 5. The molecule has 1 aliphatic rings. The molecule has 1 fully saturated rings. The number of fused-ring (bicyclic) bond motifs is 1. The molecule has 1 saturated carbocycles. The van der Waals surface area contributed by atoms with Crippen LogP contribution in [0.3, 0.4) is 0 Å². The Morgan fingerprint density at radius 1 is 1.20 bits per heavy atom. The molecule has 1 aromatic carbocycles. The molecule has 0 saturated heterocycles. The van der Waals surface area contributed by atoms with Crippen molar-refractivity contribution in [3.63, 3.8) is 0 Å². The Kier molecular flexibility index (Phi) is 4.57. The number of anilines is 1. The lowest BCUT2D eigenvalue weighted by Gasteiger charge is -2.15. The molecule has 5 nitrogen and oxygen atoms in total. The molecular weight excluding hydrogens is 330 g/mol. The molecule has 126 valence electrons. The summed E-state index contributed by atoms with van der Waals surface area (Å²) >= 11 is 1.74. The van der Waals surface area contributed by atoms with Crippen molar-refractivity contribution >= 4 is 23.2 Å². The van der Waals surface area contributed by atoms with Crippen LogP contribution in [0.1, 0.15) is 36.8 Å². The second-order valence-corrected chi connectivity index (χ2v) is 7.51. The minimum Gasteiger partial charge on any atom is -0.365 e. The Balaban J connectivity index is 1.70. The third kappa shape index (κ3) is 3.33. The fourth-order valence-corrected chi connectivity index (χ4v) is 4.51. The van der Waals surface area contributed by atoms with E-state index in [1.54, 1.807) is 22.5 Å². The van der Waals surface area contributed by atoms with Crippen molar-refractivity contribution in [1.82, 2.24) is 14.6 Å². The van der Waals surface area contributed by atoms with Gasteiger partial charge in [0.05, 0.1) is 6.20 Å². The van der Waals surface area contributed by atoms with Gasteiger partial charge in [0.25, 0.3) is 0 Å². The van der Waals surface area contributed by atoms with Crippen molar-refractivity contribution in [1.29, 1.82) is 5.26 Å². The van der Waals surface area contributed by atoms with Crippen molar-refractivity contribution in [3.8, 4) is 6.07 Å². The van der Waals surface area contributed by atoms with Crippen molar-refractivity contribution in [3.05, 3.63) is 53.7 Å². The summed E-state index contributed by atoms with van der Waals surface area (Å²) in [6.07, 6.45) is 6.67. The van der Waals surface area contributed by atoms with Gasteiger partial charge in [-0.25, -0.2) is 4.98 Å². The summed E-state index contributed by atoms with van der Waals surface area (Å²) in [4.78, 5) is 4.69. The minimum atomic E-state index is 0.562. The zero-order chi connectivity index (χ0) is 17.1. The van der Waals surface area contributed by atoms with Gasteiger partial charge in [-0.15, -0.1) is 11.8 Å². The van der Waals surface area contributed by atoms with Gasteiger partial charge in [0.1, 0.15) is 16.7 Å². The molecule has 0 aliphatic heterocycles. The Morgan fingerprint density at radius 2 is 2.00 bits per heavy atom. The van der Waals surface area contributed by atoms with Gasteiger partial charge in [-0.3, -0.25) is 0 Å². The zero-order valence-electron chi connectivity index (χ0n) is 13.9. The zero-order valence-corrected chi connectivity index (χ0v) is 14.7. The van der Waals surface area contributed by atoms with Gasteiger partial charge in [-0.05, 0) is 18.4 Å². The van der Waals surface area contributed by atoms with Gasteiger partial charge in [0.2, 0.25) is 0 Å². The van der Waals surface area contributed by atoms with Gasteiger partial charge in [0.15, 0.2) is 11.5 Å². The average molecular weight is 349 g/mol. The highest BCUT2D eigenvalue weighted by atomic mass is 32.2. The maximum Gasteiger partial charge on any atom is 0.158 e. The molecule has 6 heteroatoms. The number of nitriles is 1. The van der Waals surface area contributed by atoms with Crippen LogP contribution in [0.25, 0.3) is 5.65 Å². The number of benzene rings is 1. The van der Waals surface area contributed by atoms with Crippen molar-refractivity contribution in [2.45, 2.75) is 42.5 Å². The van der Waals surface area contributed by atoms with E-state index in [9.17, 15) is 5.26 Å². The highest BCUT2D eigenvalue weighted by Gasteiger charge is 2.22. The summed E-state index contributed by atoms with van der Waals surface area (Å²) in [5.74, 6) is 0.724. The smallest absolute Gasteiger partial charge is 0.158 e. The van der Waals surface area contributed by atoms with Crippen LogP contribution in [0, 0.1) is 11.3 Å². The number of hydrogen-bond acceptors (Lipinski definition) is 5. The highest BCUT2D eigenvalue weighted by Crippen LogP contribution is 2.37. The molecule has 1 aliphatic carbocycles. The Labute approximate surface area is 151 Å². The van der Waals surface area contributed by atoms with Crippen LogP contribution in [0.4, 0.5) is 5.82 Å². The standard InChI is InChI=1S/C19H19N5S/c20-12-16-18(21-13-14-6-2-1-3-7-14)24-17(10-11-22-24)23-19(16)25-15-8-4-5-9-15/h1-3,6-7,10-11,15,21H,4-5,8-9,13H2. The van der Waals surface area contributed by atoms with E-state index >= 15 is 0 Å². The van der Waals surface area contributed by atoms with E-state index in [0.29, 0.717) is 17.4 Å². The predicted molar refractivity (Wildman–Crippen MR) is 99.6 cm³/mol. The summed E-state index contributed by atoms with van der Waals surface area (Å²) in [5.41, 5.74) is 2.52. The highest BCUT2D eigenvalue weighted by molar-refractivity contribution is 7.99. The summed E-state index contributed by atoms with van der Waals surface area (Å²) in [6.45, 7) is 0.641. The molecule has 2 heterocycles. The van der Waals surface area contributed by atoms with E-state index in [0.717, 1.165) is 22.1 Å². The van der Waals surface area contributed by atoms with Crippen LogP contribution in [0.2, 0.25) is 0 Å². The third-order valence-corrected chi connectivity index (χ3v) is 5.82. The number of thioether (sulfide) groups is 1. The molecule has 0 unspecified atom stereocenters. The maximum atomic E-state index is 9.78. The van der Waals surface area contributed by atoms with Crippen LogP contribution in [0.15, 0.2) is 47.6 Å². The first-order valence-electron chi connectivity index (χ1n) is 8.57. The van der Waals surface area contributed by atoms with E-state index in [-0.39, 0.29) is 0 Å². The normalized spacial score (nSPS) is 14.7. The first-order valence-corrected chi connectivity index (χ1v) is 9.45. The lowest BCUT2D eigenvalue weighted by molar-refractivity contribution is 0.881. The molecule has 2 aromatic heterocycles. The first kappa shape index (κ1) is 16.0. The van der Waals surface area contributed by atoms with Crippen LogP contribution in [0.5, 0.6) is 0 Å². The lowest BCUT2D eigenvalue weighted by atomic mass is 10.2. The minimum absolute atomic E-state index is 0.562. The molecule has 25 heavy (non-hydrogen) atoms. The molecule has 4 rings (SSSR count). The SMILES string of the molecule is N#Cc1c(SC2CCCC2)nc2ccnn2c1NCc1ccccc1. The van der Waals surface area contributed by atoms with Crippen molar-refractivity contribution in [2.24, 2.45) is 0 Å². The van der Waals surface area contributed by atoms with Gasteiger partial charge < -0.3 is 5.32 Å². The molecule has 3 aromatic rings. The topological polar surface area (TPSA) is 66.0 Å². The molecule has 0 radical (unpaired) electrons. The number of hydrogen-bond donors (Lipinski definition) is 1. The van der Waals surface area contributed by atoms with Gasteiger partial charge in [-0.1, -0.05) is 43.2 Å². The maximum absolute atomic E-state index is 9.78. The number of nitrogens with one attached hydrogen (secondary N) is 1. The molecular formula is C19H19N5S. The lowest BCUT2D eigenvalue weighted by Crippen LogP contribution is -2.10. The Hall–Kier alpha value is -2.52. The summed E-state index contributed by atoms with van der Waals surface area (Å²) < 4.78 is 1.72. The van der Waals surface area contributed by atoms with Crippen molar-refractivity contribution < 1.29 is 0 Å². The van der Waals surface area contributed by atoms with Gasteiger partial charge >= 0.3 is 0 Å². The van der Waals surface area contributed by atoms with E-state index in [1.165, 1.54) is 25.7 Å². The first-order chi connectivity index (χ1) is 12.3. The summed E-state index contributed by atoms with van der Waals surface area (Å²) in [7, 11) is 0. The summed E-state index contributed by atoms with van der Waals surface area (Å²) in [5, 5.41) is 18.9. The van der Waals surface area contributed by atoms with E-state index in [4.69, 9.17) is 0 Å². The van der Waals surface area contributed by atoms with Gasteiger partial charge in [0, 0.05) is 17.9 Å². The number of nitrogens with zero attached hydrogens (tertiary/aromatic N) is 4.